The van der Waals surface area contributed by atoms with Crippen LogP contribution in [0.2, 0.25) is 0 Å². The highest BCUT2D eigenvalue weighted by Crippen LogP contribution is 2.29. The lowest BCUT2D eigenvalue weighted by atomic mass is 10.2. The highest BCUT2D eigenvalue weighted by molar-refractivity contribution is 8.14. The Bertz CT molecular complexity index is 232. The van der Waals surface area contributed by atoms with Crippen molar-refractivity contribution in [2.45, 2.75) is 44.1 Å². The van der Waals surface area contributed by atoms with Crippen LogP contribution in [-0.4, -0.2) is 22.1 Å². The molecule has 1 rings (SSSR count). The van der Waals surface area contributed by atoms with Crippen LogP contribution in [0.1, 0.15) is 27.2 Å². The van der Waals surface area contributed by atoms with Crippen LogP contribution in [0.15, 0.2) is 12.7 Å². The van der Waals surface area contributed by atoms with Gasteiger partial charge in [0, 0.05) is 11.2 Å². The van der Waals surface area contributed by atoms with Gasteiger partial charge in [0.1, 0.15) is 6.10 Å². The van der Waals surface area contributed by atoms with E-state index < -0.39 is 6.10 Å². The first-order valence-corrected chi connectivity index (χ1v) is 5.41. The van der Waals surface area contributed by atoms with Gasteiger partial charge in [-0.15, -0.1) is 6.58 Å². The number of hydrogen-bond donors (Lipinski definition) is 0. The van der Waals surface area contributed by atoms with Crippen LogP contribution in [0.3, 0.4) is 0 Å². The monoisotopic (exact) mass is 216 g/mol. The maximum atomic E-state index is 11.6. The molecule has 0 aromatic carbocycles. The molecule has 3 nitrogen and oxygen atoms in total. The van der Waals surface area contributed by atoms with Gasteiger partial charge in [-0.25, -0.2) is 9.78 Å². The van der Waals surface area contributed by atoms with Crippen LogP contribution >= 0.6 is 11.8 Å². The van der Waals surface area contributed by atoms with Gasteiger partial charge in [0.15, 0.2) is 6.10 Å². The topological polar surface area (TPSA) is 35.5 Å². The average Bonchev–Trinajstić information content (AvgIpc) is 2.48. The van der Waals surface area contributed by atoms with Crippen LogP contribution in [0.25, 0.3) is 0 Å². The van der Waals surface area contributed by atoms with Crippen molar-refractivity contribution in [2.24, 2.45) is 0 Å². The lowest BCUT2D eigenvalue weighted by Crippen LogP contribution is -2.22. The van der Waals surface area contributed by atoms with E-state index in [1.807, 2.05) is 20.8 Å². The molecule has 1 saturated heterocycles. The largest absolute Gasteiger partial charge is 0.284 e. The van der Waals surface area contributed by atoms with Gasteiger partial charge in [-0.05, 0) is 0 Å². The van der Waals surface area contributed by atoms with Crippen LogP contribution in [0, 0.1) is 0 Å². The van der Waals surface area contributed by atoms with E-state index >= 15 is 0 Å². The SMILES string of the molecule is C=C[C@@H]1C[C@@H](C(=O)SC(C)(C)C)OO1. The predicted octanol–water partition coefficient (Wildman–Crippen LogP) is 2.32. The number of carbonyl (C=O) groups is 1. The van der Waals surface area contributed by atoms with Gasteiger partial charge in [0.25, 0.3) is 0 Å². The maximum Gasteiger partial charge on any atom is 0.221 e. The van der Waals surface area contributed by atoms with Crippen molar-refractivity contribution in [3.8, 4) is 0 Å². The summed E-state index contributed by atoms with van der Waals surface area (Å²) >= 11 is 1.29. The highest BCUT2D eigenvalue weighted by Gasteiger charge is 2.33. The molecular weight excluding hydrogens is 200 g/mol. The van der Waals surface area contributed by atoms with Crippen LogP contribution in [0.5, 0.6) is 0 Å². The Balaban J connectivity index is 2.43. The third-order valence-electron chi connectivity index (χ3n) is 1.67. The van der Waals surface area contributed by atoms with Crippen molar-refractivity contribution >= 4 is 16.9 Å². The van der Waals surface area contributed by atoms with Crippen molar-refractivity contribution in [1.82, 2.24) is 0 Å². The van der Waals surface area contributed by atoms with E-state index in [0.717, 1.165) is 0 Å². The standard InChI is InChI=1S/C10H16O3S/c1-5-7-6-8(13-12-7)9(11)14-10(2,3)4/h5,7-8H,1,6H2,2-4H3/t7-,8+/m1/s1. The summed E-state index contributed by atoms with van der Waals surface area (Å²) in [4.78, 5) is 21.5. The zero-order chi connectivity index (χ0) is 10.8. The molecule has 1 fully saturated rings. The minimum absolute atomic E-state index is 0.0295. The zero-order valence-electron chi connectivity index (χ0n) is 8.78. The fourth-order valence-electron chi connectivity index (χ4n) is 1.07. The molecule has 0 unspecified atom stereocenters. The number of rotatable bonds is 2. The van der Waals surface area contributed by atoms with Crippen LogP contribution in [0.4, 0.5) is 0 Å². The van der Waals surface area contributed by atoms with E-state index in [9.17, 15) is 4.79 Å². The summed E-state index contributed by atoms with van der Waals surface area (Å²) in [7, 11) is 0. The lowest BCUT2D eigenvalue weighted by molar-refractivity contribution is -0.281. The number of carbonyl (C=O) groups excluding carboxylic acids is 1. The molecule has 0 spiro atoms. The highest BCUT2D eigenvalue weighted by atomic mass is 32.2. The molecule has 0 radical (unpaired) electrons. The Hall–Kier alpha value is -0.320. The van der Waals surface area contributed by atoms with Crippen LogP contribution < -0.4 is 0 Å². The summed E-state index contributed by atoms with van der Waals surface area (Å²) < 4.78 is -0.0767. The van der Waals surface area contributed by atoms with Gasteiger partial charge in [-0.2, -0.15) is 0 Å². The minimum Gasteiger partial charge on any atom is -0.284 e. The number of hydrogen-bond acceptors (Lipinski definition) is 4. The fourth-order valence-corrected chi connectivity index (χ4v) is 1.94. The molecule has 0 N–H and O–H groups in total. The normalized spacial score (nSPS) is 27.6. The zero-order valence-corrected chi connectivity index (χ0v) is 9.60. The van der Waals surface area contributed by atoms with E-state index in [2.05, 4.69) is 6.58 Å². The molecular formula is C10H16O3S. The van der Waals surface area contributed by atoms with Crippen molar-refractivity contribution in [3.05, 3.63) is 12.7 Å². The molecule has 0 bridgehead atoms. The summed E-state index contributed by atoms with van der Waals surface area (Å²) in [6.45, 7) is 9.58. The smallest absolute Gasteiger partial charge is 0.221 e. The summed E-state index contributed by atoms with van der Waals surface area (Å²) in [5, 5.41) is 0.0295. The predicted molar refractivity (Wildman–Crippen MR) is 56.9 cm³/mol. The van der Waals surface area contributed by atoms with E-state index in [1.165, 1.54) is 11.8 Å². The van der Waals surface area contributed by atoms with E-state index in [-0.39, 0.29) is 16.0 Å². The molecule has 0 amide bonds. The molecule has 0 saturated carbocycles. The summed E-state index contributed by atoms with van der Waals surface area (Å²) in [6, 6.07) is 0. The molecule has 14 heavy (non-hydrogen) atoms. The fraction of sp³-hybridized carbons (Fsp3) is 0.700. The summed E-state index contributed by atoms with van der Waals surface area (Å²) in [5.74, 6) is 0. The van der Waals surface area contributed by atoms with Gasteiger partial charge in [0.2, 0.25) is 5.12 Å². The Labute approximate surface area is 88.8 Å². The van der Waals surface area contributed by atoms with Crippen LogP contribution in [-0.2, 0) is 14.6 Å². The molecule has 1 aliphatic heterocycles. The van der Waals surface area contributed by atoms with Gasteiger partial charge < -0.3 is 0 Å². The van der Waals surface area contributed by atoms with E-state index in [1.54, 1.807) is 6.08 Å². The van der Waals surface area contributed by atoms with Gasteiger partial charge in [-0.1, -0.05) is 38.6 Å². The summed E-state index contributed by atoms with van der Waals surface area (Å²) in [6.07, 6.45) is 1.63. The van der Waals surface area contributed by atoms with Crippen molar-refractivity contribution < 1.29 is 14.6 Å². The molecule has 1 aliphatic rings. The minimum atomic E-state index is -0.442. The van der Waals surface area contributed by atoms with Crippen molar-refractivity contribution in [2.75, 3.05) is 0 Å². The van der Waals surface area contributed by atoms with Gasteiger partial charge in [-0.3, -0.25) is 4.79 Å². The first kappa shape index (κ1) is 11.8. The maximum absolute atomic E-state index is 11.6. The first-order chi connectivity index (χ1) is 6.42. The lowest BCUT2D eigenvalue weighted by Gasteiger charge is -2.17. The number of thioether (sulfide) groups is 1. The second-order valence-corrected chi connectivity index (χ2v) is 6.06. The van der Waals surface area contributed by atoms with Crippen molar-refractivity contribution in [1.29, 1.82) is 0 Å². The van der Waals surface area contributed by atoms with Crippen molar-refractivity contribution in [3.63, 3.8) is 0 Å². The third kappa shape index (κ3) is 3.44. The Morgan fingerprint density at radius 2 is 2.14 bits per heavy atom. The average molecular weight is 216 g/mol. The molecule has 0 aromatic rings. The Morgan fingerprint density at radius 1 is 1.50 bits per heavy atom. The Morgan fingerprint density at radius 3 is 2.57 bits per heavy atom. The molecule has 4 heteroatoms. The summed E-state index contributed by atoms with van der Waals surface area (Å²) in [5.41, 5.74) is 0. The molecule has 1 heterocycles. The molecule has 2 atom stereocenters. The Kier molecular flexibility index (Phi) is 3.75. The molecule has 0 aliphatic carbocycles. The van der Waals surface area contributed by atoms with E-state index in [0.29, 0.717) is 6.42 Å². The molecule has 0 aromatic heterocycles. The van der Waals surface area contributed by atoms with Gasteiger partial charge >= 0.3 is 0 Å². The second-order valence-electron chi connectivity index (χ2n) is 4.22. The second kappa shape index (κ2) is 4.47. The first-order valence-electron chi connectivity index (χ1n) is 4.60. The quantitative estimate of drug-likeness (QED) is 0.524. The van der Waals surface area contributed by atoms with Gasteiger partial charge in [0.05, 0.1) is 0 Å². The molecule has 80 valence electrons. The third-order valence-corrected chi connectivity index (χ3v) is 2.75. The van der Waals surface area contributed by atoms with E-state index in [4.69, 9.17) is 9.78 Å².